The number of rotatable bonds is 7. The van der Waals surface area contributed by atoms with Crippen molar-refractivity contribution in [1.82, 2.24) is 9.62 Å². The molecule has 1 rings (SSSR count). The summed E-state index contributed by atoms with van der Waals surface area (Å²) in [6, 6.07) is 3.86. The summed E-state index contributed by atoms with van der Waals surface area (Å²) >= 11 is 0. The van der Waals surface area contributed by atoms with Crippen LogP contribution in [-0.4, -0.2) is 40.0 Å². The van der Waals surface area contributed by atoms with Gasteiger partial charge in [-0.2, -0.15) is 0 Å². The van der Waals surface area contributed by atoms with Gasteiger partial charge in [-0.1, -0.05) is 13.0 Å². The van der Waals surface area contributed by atoms with Crippen molar-refractivity contribution in [1.29, 1.82) is 0 Å². The maximum atomic E-state index is 13.6. The van der Waals surface area contributed by atoms with Crippen LogP contribution in [0.1, 0.15) is 12.5 Å². The smallest absolute Gasteiger partial charge is 0.243 e. The lowest BCUT2D eigenvalue weighted by atomic mass is 10.2. The molecular weight excluding hydrogens is 269 g/mol. The standard InChI is InChI=1S/C12H20FN3O2S/c1-3-16(2)7-6-15-19(17,18)12-8-10(9-14)4-5-11(12)13/h4-5,8,15H,3,6-7,9,14H2,1-2H3. The van der Waals surface area contributed by atoms with Gasteiger partial charge in [0.05, 0.1) is 0 Å². The lowest BCUT2D eigenvalue weighted by Gasteiger charge is -2.14. The van der Waals surface area contributed by atoms with Crippen molar-refractivity contribution in [3.63, 3.8) is 0 Å². The molecule has 0 saturated heterocycles. The average Bonchev–Trinajstić information content (AvgIpc) is 2.38. The first kappa shape index (κ1) is 16.0. The molecule has 0 unspecified atom stereocenters. The van der Waals surface area contributed by atoms with Crippen LogP contribution in [0, 0.1) is 5.82 Å². The number of benzene rings is 1. The molecule has 0 aliphatic carbocycles. The van der Waals surface area contributed by atoms with E-state index in [1.54, 1.807) is 0 Å². The SMILES string of the molecule is CCN(C)CCNS(=O)(=O)c1cc(CN)ccc1F. The molecule has 0 aromatic heterocycles. The predicted octanol–water partition coefficient (Wildman–Crippen LogP) is 0.514. The van der Waals surface area contributed by atoms with Crippen molar-refractivity contribution in [2.75, 3.05) is 26.7 Å². The molecule has 0 amide bonds. The van der Waals surface area contributed by atoms with Gasteiger partial charge < -0.3 is 10.6 Å². The Kier molecular flexibility index (Phi) is 5.86. The Morgan fingerprint density at radius 2 is 2.11 bits per heavy atom. The Labute approximate surface area is 113 Å². The quantitative estimate of drug-likeness (QED) is 0.767. The third-order valence-electron chi connectivity index (χ3n) is 2.85. The van der Waals surface area contributed by atoms with E-state index in [1.165, 1.54) is 12.1 Å². The first-order chi connectivity index (χ1) is 8.90. The minimum Gasteiger partial charge on any atom is -0.326 e. The van der Waals surface area contributed by atoms with Gasteiger partial charge in [0, 0.05) is 19.6 Å². The fourth-order valence-corrected chi connectivity index (χ4v) is 2.63. The molecule has 0 saturated carbocycles. The van der Waals surface area contributed by atoms with E-state index in [1.807, 2.05) is 18.9 Å². The van der Waals surface area contributed by atoms with Crippen LogP contribution in [0.4, 0.5) is 4.39 Å². The normalized spacial score (nSPS) is 12.1. The second-order valence-corrected chi connectivity index (χ2v) is 6.00. The van der Waals surface area contributed by atoms with Gasteiger partial charge in [0.1, 0.15) is 10.7 Å². The van der Waals surface area contributed by atoms with Crippen molar-refractivity contribution < 1.29 is 12.8 Å². The van der Waals surface area contributed by atoms with E-state index < -0.39 is 15.8 Å². The minimum absolute atomic E-state index is 0.168. The molecule has 1 aromatic carbocycles. The summed E-state index contributed by atoms with van der Waals surface area (Å²) in [6.07, 6.45) is 0. The lowest BCUT2D eigenvalue weighted by Crippen LogP contribution is -2.33. The zero-order valence-electron chi connectivity index (χ0n) is 11.2. The Hall–Kier alpha value is -1.02. The highest BCUT2D eigenvalue weighted by molar-refractivity contribution is 7.89. The summed E-state index contributed by atoms with van der Waals surface area (Å²) in [5.74, 6) is -0.770. The van der Waals surface area contributed by atoms with E-state index in [-0.39, 0.29) is 18.0 Å². The first-order valence-corrected chi connectivity index (χ1v) is 7.55. The molecule has 0 aliphatic heterocycles. The predicted molar refractivity (Wildman–Crippen MR) is 72.7 cm³/mol. The highest BCUT2D eigenvalue weighted by atomic mass is 32.2. The van der Waals surface area contributed by atoms with Crippen LogP contribution in [0.25, 0.3) is 0 Å². The number of halogens is 1. The number of likely N-dealkylation sites (N-methyl/N-ethyl adjacent to an activating group) is 1. The third kappa shape index (κ3) is 4.54. The van der Waals surface area contributed by atoms with Gasteiger partial charge >= 0.3 is 0 Å². The second kappa shape index (κ2) is 6.95. The molecule has 0 bridgehead atoms. The van der Waals surface area contributed by atoms with Gasteiger partial charge in [-0.25, -0.2) is 17.5 Å². The molecule has 0 aliphatic rings. The maximum absolute atomic E-state index is 13.6. The van der Waals surface area contributed by atoms with Crippen LogP contribution in [0.2, 0.25) is 0 Å². The second-order valence-electron chi connectivity index (χ2n) is 4.26. The van der Waals surface area contributed by atoms with Crippen LogP contribution in [0.3, 0.4) is 0 Å². The van der Waals surface area contributed by atoms with Crippen molar-refractivity contribution in [3.8, 4) is 0 Å². The van der Waals surface area contributed by atoms with Crippen LogP contribution in [0.15, 0.2) is 23.1 Å². The summed E-state index contributed by atoms with van der Waals surface area (Å²) < 4.78 is 39.9. The van der Waals surface area contributed by atoms with Gasteiger partial charge in [0.15, 0.2) is 0 Å². The minimum atomic E-state index is -3.83. The molecule has 7 heteroatoms. The molecule has 1 aromatic rings. The zero-order valence-corrected chi connectivity index (χ0v) is 12.0. The number of nitrogens with two attached hydrogens (primary N) is 1. The Morgan fingerprint density at radius 1 is 1.42 bits per heavy atom. The molecular formula is C12H20FN3O2S. The molecule has 0 radical (unpaired) electrons. The van der Waals surface area contributed by atoms with Crippen LogP contribution < -0.4 is 10.5 Å². The molecule has 108 valence electrons. The highest BCUT2D eigenvalue weighted by Gasteiger charge is 2.19. The van der Waals surface area contributed by atoms with Crippen LogP contribution in [0.5, 0.6) is 0 Å². The summed E-state index contributed by atoms with van der Waals surface area (Å²) in [5.41, 5.74) is 6.00. The fourth-order valence-electron chi connectivity index (χ4n) is 1.49. The average molecular weight is 289 g/mol. The number of hydrogen-bond donors (Lipinski definition) is 2. The Morgan fingerprint density at radius 3 is 2.68 bits per heavy atom. The van der Waals surface area contributed by atoms with E-state index in [9.17, 15) is 12.8 Å². The summed E-state index contributed by atoms with van der Waals surface area (Å²) in [4.78, 5) is 1.60. The topological polar surface area (TPSA) is 75.4 Å². The molecule has 0 atom stereocenters. The van der Waals surface area contributed by atoms with E-state index in [0.29, 0.717) is 12.1 Å². The molecule has 5 nitrogen and oxygen atoms in total. The van der Waals surface area contributed by atoms with E-state index in [4.69, 9.17) is 5.73 Å². The Balaban J connectivity index is 2.82. The number of sulfonamides is 1. The molecule has 0 heterocycles. The zero-order chi connectivity index (χ0) is 14.5. The van der Waals surface area contributed by atoms with Gasteiger partial charge in [0.25, 0.3) is 0 Å². The summed E-state index contributed by atoms with van der Waals surface area (Å²) in [5, 5.41) is 0. The molecule has 3 N–H and O–H groups in total. The van der Waals surface area contributed by atoms with E-state index >= 15 is 0 Å². The third-order valence-corrected chi connectivity index (χ3v) is 4.32. The fraction of sp³-hybridized carbons (Fsp3) is 0.500. The van der Waals surface area contributed by atoms with Crippen LogP contribution >= 0.6 is 0 Å². The monoisotopic (exact) mass is 289 g/mol. The van der Waals surface area contributed by atoms with Crippen LogP contribution in [-0.2, 0) is 16.6 Å². The highest BCUT2D eigenvalue weighted by Crippen LogP contribution is 2.15. The first-order valence-electron chi connectivity index (χ1n) is 6.07. The Bertz CT molecular complexity index is 520. The van der Waals surface area contributed by atoms with E-state index in [0.717, 1.165) is 12.6 Å². The van der Waals surface area contributed by atoms with Gasteiger partial charge in [0.2, 0.25) is 10.0 Å². The van der Waals surface area contributed by atoms with E-state index in [2.05, 4.69) is 4.72 Å². The van der Waals surface area contributed by atoms with Crippen molar-refractivity contribution in [2.45, 2.75) is 18.4 Å². The van der Waals surface area contributed by atoms with Crippen molar-refractivity contribution in [2.24, 2.45) is 5.73 Å². The molecule has 0 spiro atoms. The largest absolute Gasteiger partial charge is 0.326 e. The van der Waals surface area contributed by atoms with Gasteiger partial charge in [-0.3, -0.25) is 0 Å². The van der Waals surface area contributed by atoms with Crippen molar-refractivity contribution in [3.05, 3.63) is 29.6 Å². The summed E-state index contributed by atoms with van der Waals surface area (Å²) in [7, 11) is -1.96. The molecule has 19 heavy (non-hydrogen) atoms. The van der Waals surface area contributed by atoms with Gasteiger partial charge in [-0.15, -0.1) is 0 Å². The molecule has 0 fully saturated rings. The number of nitrogens with zero attached hydrogens (tertiary/aromatic N) is 1. The number of nitrogens with one attached hydrogen (secondary N) is 1. The van der Waals surface area contributed by atoms with Gasteiger partial charge in [-0.05, 0) is 31.3 Å². The lowest BCUT2D eigenvalue weighted by molar-refractivity contribution is 0.357. The summed E-state index contributed by atoms with van der Waals surface area (Å²) in [6.45, 7) is 3.76. The maximum Gasteiger partial charge on any atom is 0.243 e. The van der Waals surface area contributed by atoms with Crippen molar-refractivity contribution >= 4 is 10.0 Å². The number of hydrogen-bond acceptors (Lipinski definition) is 4.